The van der Waals surface area contributed by atoms with Gasteiger partial charge in [-0.1, -0.05) is 42.5 Å². The van der Waals surface area contributed by atoms with E-state index in [0.717, 1.165) is 28.8 Å². The molecule has 0 bridgehead atoms. The average Bonchev–Trinajstić information content (AvgIpc) is 3.26. The Bertz CT molecular complexity index is 1160. The summed E-state index contributed by atoms with van der Waals surface area (Å²) < 4.78 is 17.4. The van der Waals surface area contributed by atoms with Crippen molar-refractivity contribution < 1.29 is 23.8 Å². The highest BCUT2D eigenvalue weighted by Crippen LogP contribution is 2.25. The van der Waals surface area contributed by atoms with E-state index in [0.29, 0.717) is 31.5 Å². The second kappa shape index (κ2) is 10.5. The Hall–Kier alpha value is -4.00. The standard InChI is InChI=1S/C26H26N2O5/c1-19(25(29)30)32-22-12-7-9-20(17-22)18-28(15-8-16-31-21-10-3-2-4-11-21)26-27-23-13-5-6-14-24(23)33-26/h2-7,9-14,17,19H,8,15-16,18H2,1H3,(H,29,30). The third-order valence-corrected chi connectivity index (χ3v) is 5.07. The SMILES string of the molecule is CC(Oc1cccc(CN(CCCOc2ccccc2)c2nc3ccccc3o2)c1)C(=O)O. The molecule has 0 aliphatic carbocycles. The number of hydrogen-bond donors (Lipinski definition) is 1. The molecule has 0 saturated carbocycles. The lowest BCUT2D eigenvalue weighted by molar-refractivity contribution is -0.144. The second-order valence-electron chi connectivity index (χ2n) is 7.65. The fourth-order valence-corrected chi connectivity index (χ4v) is 3.39. The van der Waals surface area contributed by atoms with Crippen molar-refractivity contribution in [1.29, 1.82) is 0 Å². The monoisotopic (exact) mass is 446 g/mol. The number of benzene rings is 3. The van der Waals surface area contributed by atoms with Crippen LogP contribution in [0.3, 0.4) is 0 Å². The molecular formula is C26H26N2O5. The van der Waals surface area contributed by atoms with Gasteiger partial charge in [0, 0.05) is 13.1 Å². The average molecular weight is 447 g/mol. The normalized spacial score (nSPS) is 11.8. The molecule has 1 unspecified atom stereocenters. The summed E-state index contributed by atoms with van der Waals surface area (Å²) in [6, 6.07) is 25.3. The van der Waals surface area contributed by atoms with Crippen LogP contribution in [-0.2, 0) is 11.3 Å². The number of rotatable bonds is 11. The van der Waals surface area contributed by atoms with Crippen LogP contribution in [0.1, 0.15) is 18.9 Å². The lowest BCUT2D eigenvalue weighted by Gasteiger charge is -2.21. The molecule has 0 fully saturated rings. The van der Waals surface area contributed by atoms with Crippen molar-refractivity contribution in [3.63, 3.8) is 0 Å². The van der Waals surface area contributed by atoms with E-state index in [9.17, 15) is 4.79 Å². The van der Waals surface area contributed by atoms with Crippen LogP contribution >= 0.6 is 0 Å². The predicted molar refractivity (Wildman–Crippen MR) is 126 cm³/mol. The zero-order valence-electron chi connectivity index (χ0n) is 18.4. The topological polar surface area (TPSA) is 85.0 Å². The van der Waals surface area contributed by atoms with Gasteiger partial charge in [0.25, 0.3) is 6.01 Å². The van der Waals surface area contributed by atoms with Crippen molar-refractivity contribution in [2.24, 2.45) is 0 Å². The van der Waals surface area contributed by atoms with Gasteiger partial charge in [-0.25, -0.2) is 4.79 Å². The number of fused-ring (bicyclic) bond motifs is 1. The van der Waals surface area contributed by atoms with Crippen LogP contribution in [0.5, 0.6) is 11.5 Å². The maximum Gasteiger partial charge on any atom is 0.344 e. The summed E-state index contributed by atoms with van der Waals surface area (Å²) in [5.41, 5.74) is 2.48. The molecule has 3 aromatic carbocycles. The molecule has 0 radical (unpaired) electrons. The summed E-state index contributed by atoms with van der Waals surface area (Å²) in [7, 11) is 0. The van der Waals surface area contributed by atoms with Crippen LogP contribution in [0, 0.1) is 0 Å². The van der Waals surface area contributed by atoms with E-state index in [4.69, 9.17) is 19.0 Å². The molecule has 0 saturated heterocycles. The van der Waals surface area contributed by atoms with Crippen molar-refractivity contribution in [2.75, 3.05) is 18.1 Å². The highest BCUT2D eigenvalue weighted by Gasteiger charge is 2.16. The lowest BCUT2D eigenvalue weighted by atomic mass is 10.2. The van der Waals surface area contributed by atoms with Gasteiger partial charge in [0.05, 0.1) is 6.61 Å². The quantitative estimate of drug-likeness (QED) is 0.319. The Labute approximate surface area is 192 Å². The summed E-state index contributed by atoms with van der Waals surface area (Å²) in [4.78, 5) is 17.8. The number of anilines is 1. The maximum atomic E-state index is 11.1. The summed E-state index contributed by atoms with van der Waals surface area (Å²) in [5.74, 6) is 0.336. The summed E-state index contributed by atoms with van der Waals surface area (Å²) in [5, 5.41) is 9.11. The molecule has 7 heteroatoms. The predicted octanol–water partition coefficient (Wildman–Crippen LogP) is 5.16. The van der Waals surface area contributed by atoms with Crippen LogP contribution in [0.2, 0.25) is 0 Å². The van der Waals surface area contributed by atoms with Crippen molar-refractivity contribution in [1.82, 2.24) is 4.98 Å². The molecule has 4 aromatic rings. The maximum absolute atomic E-state index is 11.1. The first-order chi connectivity index (χ1) is 16.1. The molecule has 1 atom stereocenters. The van der Waals surface area contributed by atoms with Gasteiger partial charge in [0.1, 0.15) is 17.0 Å². The van der Waals surface area contributed by atoms with E-state index >= 15 is 0 Å². The molecular weight excluding hydrogens is 420 g/mol. The fourth-order valence-electron chi connectivity index (χ4n) is 3.39. The molecule has 7 nitrogen and oxygen atoms in total. The molecule has 1 heterocycles. The number of nitrogens with zero attached hydrogens (tertiary/aromatic N) is 2. The van der Waals surface area contributed by atoms with Crippen LogP contribution in [0.25, 0.3) is 11.1 Å². The number of ether oxygens (including phenoxy) is 2. The Balaban J connectivity index is 1.48. The van der Waals surface area contributed by atoms with E-state index in [1.807, 2.05) is 77.7 Å². The number of carboxylic acids is 1. The Morgan fingerprint density at radius 2 is 1.79 bits per heavy atom. The fraction of sp³-hybridized carbons (Fsp3) is 0.231. The molecule has 170 valence electrons. The zero-order valence-corrected chi connectivity index (χ0v) is 18.4. The largest absolute Gasteiger partial charge is 0.494 e. The number of hydrogen-bond acceptors (Lipinski definition) is 6. The van der Waals surface area contributed by atoms with Gasteiger partial charge in [-0.2, -0.15) is 4.98 Å². The zero-order chi connectivity index (χ0) is 23.0. The van der Waals surface area contributed by atoms with Gasteiger partial charge in [0.15, 0.2) is 11.7 Å². The number of para-hydroxylation sites is 3. The molecule has 1 N–H and O–H groups in total. The van der Waals surface area contributed by atoms with E-state index in [1.54, 1.807) is 6.07 Å². The highest BCUT2D eigenvalue weighted by atomic mass is 16.5. The first-order valence-corrected chi connectivity index (χ1v) is 10.9. The summed E-state index contributed by atoms with van der Waals surface area (Å²) >= 11 is 0. The van der Waals surface area contributed by atoms with Gasteiger partial charge < -0.3 is 23.9 Å². The van der Waals surface area contributed by atoms with Crippen LogP contribution in [0.4, 0.5) is 6.01 Å². The van der Waals surface area contributed by atoms with Gasteiger partial charge in [-0.15, -0.1) is 0 Å². The van der Waals surface area contributed by atoms with Gasteiger partial charge in [-0.05, 0) is 55.3 Å². The molecule has 0 aliphatic heterocycles. The van der Waals surface area contributed by atoms with Crippen LogP contribution in [0.15, 0.2) is 83.3 Å². The second-order valence-corrected chi connectivity index (χ2v) is 7.65. The molecule has 0 aliphatic rings. The van der Waals surface area contributed by atoms with Gasteiger partial charge >= 0.3 is 5.97 Å². The summed E-state index contributed by atoms with van der Waals surface area (Å²) in [6.45, 7) is 3.25. The third-order valence-electron chi connectivity index (χ3n) is 5.07. The molecule has 0 amide bonds. The minimum absolute atomic E-state index is 0.507. The first kappa shape index (κ1) is 22.2. The van der Waals surface area contributed by atoms with Crippen molar-refractivity contribution in [2.45, 2.75) is 26.0 Å². The minimum Gasteiger partial charge on any atom is -0.494 e. The Morgan fingerprint density at radius 3 is 2.58 bits per heavy atom. The van der Waals surface area contributed by atoms with Crippen molar-refractivity contribution in [3.05, 3.63) is 84.4 Å². The highest BCUT2D eigenvalue weighted by molar-refractivity contribution is 5.74. The van der Waals surface area contributed by atoms with Crippen LogP contribution in [-0.4, -0.2) is 35.3 Å². The first-order valence-electron chi connectivity index (χ1n) is 10.9. The molecule has 0 spiro atoms. The van der Waals surface area contributed by atoms with E-state index in [2.05, 4.69) is 4.98 Å². The van der Waals surface area contributed by atoms with Crippen molar-refractivity contribution >= 4 is 23.1 Å². The Kier molecular flexibility index (Phi) is 7.09. The van der Waals surface area contributed by atoms with Crippen molar-refractivity contribution in [3.8, 4) is 11.5 Å². The number of aromatic nitrogens is 1. The lowest BCUT2D eigenvalue weighted by Crippen LogP contribution is -2.26. The minimum atomic E-state index is -1.01. The smallest absolute Gasteiger partial charge is 0.344 e. The summed E-state index contributed by atoms with van der Waals surface area (Å²) in [6.07, 6.45) is -0.164. The number of aliphatic carboxylic acids is 1. The number of carboxylic acid groups (broad SMARTS) is 1. The van der Waals surface area contributed by atoms with Gasteiger partial charge in [0.2, 0.25) is 0 Å². The van der Waals surface area contributed by atoms with Gasteiger partial charge in [-0.3, -0.25) is 0 Å². The number of oxazole rings is 1. The van der Waals surface area contributed by atoms with Crippen LogP contribution < -0.4 is 14.4 Å². The molecule has 33 heavy (non-hydrogen) atoms. The Morgan fingerprint density at radius 1 is 1.03 bits per heavy atom. The van der Waals surface area contributed by atoms with E-state index in [-0.39, 0.29) is 0 Å². The number of carbonyl (C=O) groups is 1. The van der Waals surface area contributed by atoms with E-state index in [1.165, 1.54) is 6.92 Å². The van der Waals surface area contributed by atoms with E-state index < -0.39 is 12.1 Å². The molecule has 1 aromatic heterocycles. The third kappa shape index (κ3) is 6.04. The molecule has 4 rings (SSSR count).